The van der Waals surface area contributed by atoms with Crippen molar-refractivity contribution in [1.82, 2.24) is 10.6 Å². The minimum absolute atomic E-state index is 0. The Morgan fingerprint density at radius 3 is 2.47 bits per heavy atom. The van der Waals surface area contributed by atoms with E-state index in [1.165, 1.54) is 6.07 Å². The molecule has 2 N–H and O–H groups in total. The van der Waals surface area contributed by atoms with Crippen molar-refractivity contribution in [3.05, 3.63) is 34.1 Å². The molecule has 6 heteroatoms. The maximum Gasteiger partial charge on any atom is 0.191 e. The van der Waals surface area contributed by atoms with Crippen LogP contribution in [0.3, 0.4) is 0 Å². The van der Waals surface area contributed by atoms with E-state index in [-0.39, 0.29) is 29.8 Å². The highest BCUT2D eigenvalue weighted by atomic mass is 127. The van der Waals surface area contributed by atoms with Crippen LogP contribution in [0, 0.1) is 5.82 Å². The van der Waals surface area contributed by atoms with Gasteiger partial charge in [0.25, 0.3) is 0 Å². The topological polar surface area (TPSA) is 36.4 Å². The zero-order valence-corrected chi connectivity index (χ0v) is 15.1. The first-order valence-corrected chi connectivity index (χ1v) is 6.92. The second-order valence-corrected chi connectivity index (χ2v) is 4.69. The third-order valence-corrected chi connectivity index (χ3v) is 2.84. The number of hydrogen-bond acceptors (Lipinski definition) is 1. The van der Waals surface area contributed by atoms with Crippen molar-refractivity contribution in [2.24, 2.45) is 4.99 Å². The number of halogens is 3. The lowest BCUT2D eigenvalue weighted by Gasteiger charge is -2.09. The van der Waals surface area contributed by atoms with Gasteiger partial charge in [0.05, 0.1) is 0 Å². The van der Waals surface area contributed by atoms with Gasteiger partial charge in [0, 0.05) is 24.1 Å². The largest absolute Gasteiger partial charge is 0.357 e. The van der Waals surface area contributed by atoms with E-state index in [9.17, 15) is 4.39 Å². The lowest BCUT2D eigenvalue weighted by atomic mass is 10.1. The molecule has 19 heavy (non-hydrogen) atoms. The fourth-order valence-electron chi connectivity index (χ4n) is 1.53. The van der Waals surface area contributed by atoms with Gasteiger partial charge in [-0.05, 0) is 44.0 Å². The molecular formula is C13H20BrFIN3. The zero-order chi connectivity index (χ0) is 13.4. The highest BCUT2D eigenvalue weighted by molar-refractivity contribution is 14.0. The van der Waals surface area contributed by atoms with Crippen molar-refractivity contribution in [3.8, 4) is 0 Å². The standard InChI is InChI=1S/C13H19BrFN3.HI/c1-3-16-13(17-4-2)18-8-7-10-9-11(14)5-6-12(10)15;/h5-6,9H,3-4,7-8H2,1-2H3,(H2,16,17,18);1H. The minimum Gasteiger partial charge on any atom is -0.357 e. The predicted octanol–water partition coefficient (Wildman–Crippen LogP) is 3.32. The average molecular weight is 444 g/mol. The summed E-state index contributed by atoms with van der Waals surface area (Å²) < 4.78 is 14.4. The van der Waals surface area contributed by atoms with E-state index in [1.807, 2.05) is 13.8 Å². The lowest BCUT2D eigenvalue weighted by Crippen LogP contribution is -2.37. The molecule has 0 aromatic heterocycles. The van der Waals surface area contributed by atoms with Crippen molar-refractivity contribution in [3.63, 3.8) is 0 Å². The molecule has 0 aliphatic carbocycles. The van der Waals surface area contributed by atoms with Crippen LogP contribution in [0.2, 0.25) is 0 Å². The molecule has 0 fully saturated rings. The summed E-state index contributed by atoms with van der Waals surface area (Å²) >= 11 is 3.34. The number of benzene rings is 1. The second-order valence-electron chi connectivity index (χ2n) is 3.78. The summed E-state index contributed by atoms with van der Waals surface area (Å²) in [5, 5.41) is 6.26. The molecule has 1 aromatic rings. The van der Waals surface area contributed by atoms with E-state index in [0.717, 1.165) is 23.5 Å². The summed E-state index contributed by atoms with van der Waals surface area (Å²) in [6, 6.07) is 4.97. The first-order valence-electron chi connectivity index (χ1n) is 6.13. The third kappa shape index (κ3) is 7.10. The molecule has 1 aromatic carbocycles. The normalized spacial score (nSPS) is 9.47. The molecule has 0 spiro atoms. The van der Waals surface area contributed by atoms with Gasteiger partial charge in [0.2, 0.25) is 0 Å². The Morgan fingerprint density at radius 1 is 1.26 bits per heavy atom. The monoisotopic (exact) mass is 443 g/mol. The van der Waals surface area contributed by atoms with Gasteiger partial charge in [0.15, 0.2) is 5.96 Å². The molecule has 0 amide bonds. The van der Waals surface area contributed by atoms with Crippen molar-refractivity contribution < 1.29 is 4.39 Å². The van der Waals surface area contributed by atoms with Crippen LogP contribution in [0.25, 0.3) is 0 Å². The van der Waals surface area contributed by atoms with Gasteiger partial charge >= 0.3 is 0 Å². The van der Waals surface area contributed by atoms with Gasteiger partial charge in [-0.25, -0.2) is 4.39 Å². The molecule has 0 saturated heterocycles. The quantitative estimate of drug-likeness (QED) is 0.416. The number of aliphatic imine (C=N–C) groups is 1. The molecule has 0 heterocycles. The molecular weight excluding hydrogens is 424 g/mol. The SMILES string of the molecule is CCNC(=NCCc1cc(Br)ccc1F)NCC.I. The second kappa shape index (κ2) is 10.4. The van der Waals surface area contributed by atoms with E-state index in [0.29, 0.717) is 18.5 Å². The van der Waals surface area contributed by atoms with Crippen molar-refractivity contribution in [2.45, 2.75) is 20.3 Å². The van der Waals surface area contributed by atoms with Crippen LogP contribution >= 0.6 is 39.9 Å². The molecule has 0 unspecified atom stereocenters. The van der Waals surface area contributed by atoms with Crippen LogP contribution in [0.15, 0.2) is 27.7 Å². The number of hydrogen-bond donors (Lipinski definition) is 2. The fourth-order valence-corrected chi connectivity index (χ4v) is 1.94. The molecule has 0 radical (unpaired) electrons. The van der Waals surface area contributed by atoms with E-state index in [2.05, 4.69) is 31.6 Å². The van der Waals surface area contributed by atoms with Gasteiger partial charge in [-0.1, -0.05) is 15.9 Å². The molecule has 3 nitrogen and oxygen atoms in total. The Morgan fingerprint density at radius 2 is 1.89 bits per heavy atom. The molecule has 108 valence electrons. The molecule has 0 aliphatic heterocycles. The smallest absolute Gasteiger partial charge is 0.191 e. The molecule has 0 aliphatic rings. The van der Waals surface area contributed by atoms with Crippen LogP contribution in [-0.4, -0.2) is 25.6 Å². The summed E-state index contributed by atoms with van der Waals surface area (Å²) in [6.45, 7) is 6.22. The van der Waals surface area contributed by atoms with Gasteiger partial charge in [-0.2, -0.15) is 0 Å². The van der Waals surface area contributed by atoms with E-state index < -0.39 is 0 Å². The van der Waals surface area contributed by atoms with Gasteiger partial charge in [0.1, 0.15) is 5.82 Å². The number of rotatable bonds is 5. The van der Waals surface area contributed by atoms with Crippen LogP contribution in [0.5, 0.6) is 0 Å². The number of nitrogens with zero attached hydrogens (tertiary/aromatic N) is 1. The summed E-state index contributed by atoms with van der Waals surface area (Å²) in [5.74, 6) is 0.595. The minimum atomic E-state index is -0.179. The van der Waals surface area contributed by atoms with Gasteiger partial charge in [-0.15, -0.1) is 24.0 Å². The predicted molar refractivity (Wildman–Crippen MR) is 92.9 cm³/mol. The van der Waals surface area contributed by atoms with Gasteiger partial charge < -0.3 is 10.6 Å². The molecule has 0 bridgehead atoms. The summed E-state index contributed by atoms with van der Waals surface area (Å²) in [4.78, 5) is 4.38. The van der Waals surface area contributed by atoms with E-state index in [1.54, 1.807) is 12.1 Å². The first-order chi connectivity index (χ1) is 8.67. The van der Waals surface area contributed by atoms with Crippen LogP contribution in [0.1, 0.15) is 19.4 Å². The average Bonchev–Trinajstić information content (AvgIpc) is 2.34. The number of nitrogens with one attached hydrogen (secondary N) is 2. The van der Waals surface area contributed by atoms with Gasteiger partial charge in [-0.3, -0.25) is 4.99 Å². The first kappa shape index (κ1) is 18.6. The van der Waals surface area contributed by atoms with Crippen molar-refractivity contribution in [2.75, 3.05) is 19.6 Å². The van der Waals surface area contributed by atoms with E-state index in [4.69, 9.17) is 0 Å². The Bertz CT molecular complexity index is 405. The molecule has 0 atom stereocenters. The Labute approximate surface area is 139 Å². The fraction of sp³-hybridized carbons (Fsp3) is 0.462. The third-order valence-electron chi connectivity index (χ3n) is 2.35. The molecule has 0 saturated carbocycles. The highest BCUT2D eigenvalue weighted by Crippen LogP contribution is 2.15. The Kier molecular flexibility index (Phi) is 10.2. The zero-order valence-electron chi connectivity index (χ0n) is 11.2. The molecule has 1 rings (SSSR count). The lowest BCUT2D eigenvalue weighted by molar-refractivity contribution is 0.609. The van der Waals surface area contributed by atoms with Crippen LogP contribution < -0.4 is 10.6 Å². The highest BCUT2D eigenvalue weighted by Gasteiger charge is 2.02. The maximum atomic E-state index is 13.5. The van der Waals surface area contributed by atoms with E-state index >= 15 is 0 Å². The van der Waals surface area contributed by atoms with Crippen molar-refractivity contribution in [1.29, 1.82) is 0 Å². The maximum absolute atomic E-state index is 13.5. The Hall–Kier alpha value is -0.370. The number of guanidine groups is 1. The summed E-state index contributed by atoms with van der Waals surface area (Å²) in [5.41, 5.74) is 0.681. The van der Waals surface area contributed by atoms with Crippen molar-refractivity contribution >= 4 is 45.9 Å². The summed E-state index contributed by atoms with van der Waals surface area (Å²) in [6.07, 6.45) is 0.589. The van der Waals surface area contributed by atoms with Crippen LogP contribution in [-0.2, 0) is 6.42 Å². The Balaban J connectivity index is 0.00000324. The summed E-state index contributed by atoms with van der Waals surface area (Å²) in [7, 11) is 0. The van der Waals surface area contributed by atoms with Crippen LogP contribution in [0.4, 0.5) is 4.39 Å².